The van der Waals surface area contributed by atoms with E-state index in [2.05, 4.69) is 13.8 Å². The molecule has 1 saturated carbocycles. The molecule has 1 aromatic heterocycles. The van der Waals surface area contributed by atoms with E-state index in [0.29, 0.717) is 11.8 Å². The van der Waals surface area contributed by atoms with Crippen LogP contribution in [0.2, 0.25) is 0 Å². The van der Waals surface area contributed by atoms with Crippen LogP contribution in [-0.4, -0.2) is 5.11 Å². The standard InChI is InChI=1S/C15H18O2/c1-10(2)12-8-15(16,9-12)14-7-11-5-3-4-6-13(11)17-14/h3-7,10,12,16H,8-9H2,1-2H3. The molecule has 0 saturated heterocycles. The third-order valence-electron chi connectivity index (χ3n) is 4.03. The Bertz CT molecular complexity index is 500. The highest BCUT2D eigenvalue weighted by atomic mass is 16.4. The van der Waals surface area contributed by atoms with Crippen LogP contribution in [0.1, 0.15) is 32.4 Å². The summed E-state index contributed by atoms with van der Waals surface area (Å²) in [5, 5.41) is 11.6. The van der Waals surface area contributed by atoms with Crippen LogP contribution >= 0.6 is 0 Å². The molecule has 1 N–H and O–H groups in total. The molecule has 1 heterocycles. The van der Waals surface area contributed by atoms with Crippen molar-refractivity contribution in [1.82, 2.24) is 0 Å². The van der Waals surface area contributed by atoms with Gasteiger partial charge in [-0.05, 0) is 36.8 Å². The fraction of sp³-hybridized carbons (Fsp3) is 0.467. The summed E-state index contributed by atoms with van der Waals surface area (Å²) in [5.74, 6) is 1.99. The molecule has 1 aromatic carbocycles. The zero-order chi connectivity index (χ0) is 12.0. The van der Waals surface area contributed by atoms with Crippen LogP contribution in [0.5, 0.6) is 0 Å². The highest BCUT2D eigenvalue weighted by Gasteiger charge is 2.47. The molecule has 0 spiro atoms. The smallest absolute Gasteiger partial charge is 0.136 e. The lowest BCUT2D eigenvalue weighted by Crippen LogP contribution is -2.42. The van der Waals surface area contributed by atoms with Gasteiger partial charge in [0.25, 0.3) is 0 Å². The first-order valence-corrected chi connectivity index (χ1v) is 6.30. The summed E-state index contributed by atoms with van der Waals surface area (Å²) in [7, 11) is 0. The van der Waals surface area contributed by atoms with Crippen molar-refractivity contribution in [3.63, 3.8) is 0 Å². The van der Waals surface area contributed by atoms with Gasteiger partial charge in [0.1, 0.15) is 16.9 Å². The fourth-order valence-electron chi connectivity index (χ4n) is 2.69. The van der Waals surface area contributed by atoms with Gasteiger partial charge in [0.2, 0.25) is 0 Å². The molecule has 90 valence electrons. The lowest BCUT2D eigenvalue weighted by Gasteiger charge is -2.44. The number of rotatable bonds is 2. The first kappa shape index (κ1) is 10.8. The normalized spacial score (nSPS) is 28.6. The second kappa shape index (κ2) is 3.61. The molecular formula is C15H18O2. The molecule has 0 radical (unpaired) electrons. The van der Waals surface area contributed by atoms with Gasteiger partial charge >= 0.3 is 0 Å². The van der Waals surface area contributed by atoms with Gasteiger partial charge in [-0.15, -0.1) is 0 Å². The average Bonchev–Trinajstić information content (AvgIpc) is 2.68. The maximum absolute atomic E-state index is 10.5. The quantitative estimate of drug-likeness (QED) is 0.853. The highest BCUT2D eigenvalue weighted by Crippen LogP contribution is 2.49. The molecule has 2 heteroatoms. The zero-order valence-electron chi connectivity index (χ0n) is 10.3. The maximum atomic E-state index is 10.5. The Morgan fingerprint density at radius 3 is 2.65 bits per heavy atom. The number of benzene rings is 1. The van der Waals surface area contributed by atoms with Gasteiger partial charge in [-0.1, -0.05) is 32.0 Å². The van der Waals surface area contributed by atoms with Gasteiger partial charge in [0.05, 0.1) is 0 Å². The van der Waals surface area contributed by atoms with Crippen LogP contribution in [0.4, 0.5) is 0 Å². The summed E-state index contributed by atoms with van der Waals surface area (Å²) < 4.78 is 5.75. The van der Waals surface area contributed by atoms with Crippen molar-refractivity contribution in [3.05, 3.63) is 36.1 Å². The first-order chi connectivity index (χ1) is 8.08. The van der Waals surface area contributed by atoms with Crippen molar-refractivity contribution in [2.45, 2.75) is 32.3 Å². The largest absolute Gasteiger partial charge is 0.458 e. The average molecular weight is 230 g/mol. The fourth-order valence-corrected chi connectivity index (χ4v) is 2.69. The van der Waals surface area contributed by atoms with Gasteiger partial charge in [0.15, 0.2) is 0 Å². The van der Waals surface area contributed by atoms with Crippen LogP contribution in [0.15, 0.2) is 34.7 Å². The van der Waals surface area contributed by atoms with Gasteiger partial charge in [-0.2, -0.15) is 0 Å². The van der Waals surface area contributed by atoms with E-state index in [-0.39, 0.29) is 0 Å². The summed E-state index contributed by atoms with van der Waals surface area (Å²) in [5.41, 5.74) is 0.137. The molecule has 0 amide bonds. The summed E-state index contributed by atoms with van der Waals surface area (Å²) in [6.45, 7) is 4.42. The minimum atomic E-state index is -0.728. The van der Waals surface area contributed by atoms with Crippen LogP contribution in [0, 0.1) is 11.8 Å². The predicted molar refractivity (Wildman–Crippen MR) is 67.7 cm³/mol. The van der Waals surface area contributed by atoms with Crippen LogP contribution in [-0.2, 0) is 5.60 Å². The first-order valence-electron chi connectivity index (χ1n) is 6.30. The van der Waals surface area contributed by atoms with Crippen LogP contribution in [0.3, 0.4) is 0 Å². The van der Waals surface area contributed by atoms with E-state index < -0.39 is 5.60 Å². The molecule has 0 unspecified atom stereocenters. The van der Waals surface area contributed by atoms with E-state index in [1.54, 1.807) is 0 Å². The molecule has 3 rings (SSSR count). The molecule has 1 aliphatic rings. The third-order valence-corrected chi connectivity index (χ3v) is 4.03. The molecule has 2 aromatic rings. The highest BCUT2D eigenvalue weighted by molar-refractivity contribution is 5.77. The topological polar surface area (TPSA) is 33.4 Å². The number of hydrogen-bond donors (Lipinski definition) is 1. The van der Waals surface area contributed by atoms with Gasteiger partial charge in [0, 0.05) is 5.39 Å². The molecule has 0 bridgehead atoms. The minimum absolute atomic E-state index is 0.619. The molecule has 0 atom stereocenters. The molecular weight excluding hydrogens is 212 g/mol. The number of aliphatic hydroxyl groups is 1. The van der Waals surface area contributed by atoms with E-state index in [1.165, 1.54) is 0 Å². The van der Waals surface area contributed by atoms with Crippen LogP contribution in [0.25, 0.3) is 11.0 Å². The molecule has 1 fully saturated rings. The Hall–Kier alpha value is -1.28. The monoisotopic (exact) mass is 230 g/mol. The Morgan fingerprint density at radius 2 is 2.00 bits per heavy atom. The van der Waals surface area contributed by atoms with E-state index in [1.807, 2.05) is 30.3 Å². The number of hydrogen-bond acceptors (Lipinski definition) is 2. The molecule has 2 nitrogen and oxygen atoms in total. The number of furan rings is 1. The number of para-hydroxylation sites is 1. The van der Waals surface area contributed by atoms with Crippen molar-refractivity contribution in [3.8, 4) is 0 Å². The Morgan fingerprint density at radius 1 is 1.29 bits per heavy atom. The SMILES string of the molecule is CC(C)C1CC(O)(c2cc3ccccc3o2)C1. The van der Waals surface area contributed by atoms with Gasteiger partial charge in [-0.3, -0.25) is 0 Å². The minimum Gasteiger partial charge on any atom is -0.458 e. The van der Waals surface area contributed by atoms with Gasteiger partial charge in [-0.25, -0.2) is 0 Å². The van der Waals surface area contributed by atoms with E-state index in [4.69, 9.17) is 4.42 Å². The van der Waals surface area contributed by atoms with E-state index in [0.717, 1.165) is 29.6 Å². The number of fused-ring (bicyclic) bond motifs is 1. The predicted octanol–water partition coefficient (Wildman–Crippen LogP) is 3.69. The van der Waals surface area contributed by atoms with Crippen molar-refractivity contribution < 1.29 is 9.52 Å². The van der Waals surface area contributed by atoms with Crippen molar-refractivity contribution in [2.75, 3.05) is 0 Å². The molecule has 0 aliphatic heterocycles. The zero-order valence-corrected chi connectivity index (χ0v) is 10.3. The second-order valence-electron chi connectivity index (χ2n) is 5.59. The van der Waals surface area contributed by atoms with Crippen molar-refractivity contribution in [2.24, 2.45) is 11.8 Å². The van der Waals surface area contributed by atoms with E-state index >= 15 is 0 Å². The Labute approximate surface area is 101 Å². The Kier molecular flexibility index (Phi) is 2.30. The van der Waals surface area contributed by atoms with E-state index in [9.17, 15) is 5.11 Å². The summed E-state index contributed by atoms with van der Waals surface area (Å²) >= 11 is 0. The molecule has 1 aliphatic carbocycles. The third kappa shape index (κ3) is 1.67. The maximum Gasteiger partial charge on any atom is 0.136 e. The summed E-state index contributed by atoms with van der Waals surface area (Å²) in [6, 6.07) is 9.89. The van der Waals surface area contributed by atoms with Gasteiger partial charge < -0.3 is 9.52 Å². The lowest BCUT2D eigenvalue weighted by molar-refractivity contribution is -0.107. The van der Waals surface area contributed by atoms with Crippen molar-refractivity contribution in [1.29, 1.82) is 0 Å². The summed E-state index contributed by atoms with van der Waals surface area (Å²) in [4.78, 5) is 0. The lowest BCUT2D eigenvalue weighted by atomic mass is 9.65. The van der Waals surface area contributed by atoms with Crippen LogP contribution < -0.4 is 0 Å². The summed E-state index contributed by atoms with van der Waals surface area (Å²) in [6.07, 6.45) is 1.65. The molecule has 17 heavy (non-hydrogen) atoms. The second-order valence-corrected chi connectivity index (χ2v) is 5.59. The van der Waals surface area contributed by atoms with Crippen molar-refractivity contribution >= 4 is 11.0 Å². The Balaban J connectivity index is 1.90.